The molecular weight excluding hydrogens is 420 g/mol. The number of ether oxygens (including phenoxy) is 1. The van der Waals surface area contributed by atoms with Crippen LogP contribution in [0.2, 0.25) is 0 Å². The molecule has 2 aliphatic rings. The van der Waals surface area contributed by atoms with Gasteiger partial charge in [0, 0.05) is 25.4 Å². The molecule has 3 atom stereocenters. The summed E-state index contributed by atoms with van der Waals surface area (Å²) in [5, 5.41) is 12.1. The molecule has 0 spiro atoms. The van der Waals surface area contributed by atoms with Gasteiger partial charge >= 0.3 is 12.1 Å². The Balaban J connectivity index is 1.34. The van der Waals surface area contributed by atoms with E-state index in [2.05, 4.69) is 29.6 Å². The van der Waals surface area contributed by atoms with E-state index in [1.54, 1.807) is 0 Å². The SMILES string of the molecule is CC(C(=O)O)N(C)C(=O)C[C@@H]1CCC[C@H]1NC(=O)OCC1c2ccccc2-c2ccccc21. The second-order valence-electron chi connectivity index (χ2n) is 8.99. The number of aliphatic carboxylic acids is 1. The van der Waals surface area contributed by atoms with Gasteiger partial charge < -0.3 is 20.1 Å². The van der Waals surface area contributed by atoms with E-state index >= 15 is 0 Å². The highest BCUT2D eigenvalue weighted by atomic mass is 16.5. The first-order valence-corrected chi connectivity index (χ1v) is 11.5. The first kappa shape index (κ1) is 22.8. The number of likely N-dealkylation sites (N-methyl/N-ethyl adjacent to an activating group) is 1. The molecule has 2 aromatic carbocycles. The zero-order valence-electron chi connectivity index (χ0n) is 19.0. The number of alkyl carbamates (subject to hydrolysis) is 1. The molecule has 2 aromatic rings. The van der Waals surface area contributed by atoms with E-state index in [0.29, 0.717) is 0 Å². The van der Waals surface area contributed by atoms with E-state index in [9.17, 15) is 14.4 Å². The van der Waals surface area contributed by atoms with Gasteiger partial charge in [0.25, 0.3) is 0 Å². The van der Waals surface area contributed by atoms with Gasteiger partial charge in [-0.1, -0.05) is 55.0 Å². The third kappa shape index (κ3) is 4.72. The minimum Gasteiger partial charge on any atom is -0.480 e. The van der Waals surface area contributed by atoms with Crippen LogP contribution >= 0.6 is 0 Å². The average molecular weight is 451 g/mol. The molecule has 7 heteroatoms. The summed E-state index contributed by atoms with van der Waals surface area (Å²) < 4.78 is 5.65. The molecule has 0 heterocycles. The first-order chi connectivity index (χ1) is 15.9. The van der Waals surface area contributed by atoms with Crippen molar-refractivity contribution >= 4 is 18.0 Å². The largest absolute Gasteiger partial charge is 0.480 e. The van der Waals surface area contributed by atoms with Gasteiger partial charge in [-0.2, -0.15) is 0 Å². The Hall–Kier alpha value is -3.35. The van der Waals surface area contributed by atoms with Gasteiger partial charge in [-0.05, 0) is 47.9 Å². The smallest absolute Gasteiger partial charge is 0.407 e. The van der Waals surface area contributed by atoms with Crippen LogP contribution in [0.3, 0.4) is 0 Å². The Morgan fingerprint density at radius 3 is 2.27 bits per heavy atom. The van der Waals surface area contributed by atoms with Crippen molar-refractivity contribution in [1.29, 1.82) is 0 Å². The van der Waals surface area contributed by atoms with Gasteiger partial charge in [-0.3, -0.25) is 4.79 Å². The number of hydrogen-bond acceptors (Lipinski definition) is 4. The van der Waals surface area contributed by atoms with Gasteiger partial charge in [0.05, 0.1) is 0 Å². The fraction of sp³-hybridized carbons (Fsp3) is 0.423. The number of benzene rings is 2. The van der Waals surface area contributed by atoms with Crippen LogP contribution in [0.25, 0.3) is 11.1 Å². The molecule has 2 aliphatic carbocycles. The Morgan fingerprint density at radius 1 is 1.06 bits per heavy atom. The predicted molar refractivity (Wildman–Crippen MR) is 124 cm³/mol. The number of nitrogens with zero attached hydrogens (tertiary/aromatic N) is 1. The van der Waals surface area contributed by atoms with E-state index in [1.165, 1.54) is 30.0 Å². The maximum Gasteiger partial charge on any atom is 0.407 e. The monoisotopic (exact) mass is 450 g/mol. The molecule has 0 saturated heterocycles. The fourth-order valence-corrected chi connectivity index (χ4v) is 5.01. The minimum absolute atomic E-state index is 0.00439. The number of carboxylic acid groups (broad SMARTS) is 1. The first-order valence-electron chi connectivity index (χ1n) is 11.5. The predicted octanol–water partition coefficient (Wildman–Crippen LogP) is 4.02. The van der Waals surface area contributed by atoms with E-state index in [4.69, 9.17) is 9.84 Å². The van der Waals surface area contributed by atoms with Crippen LogP contribution in [0.15, 0.2) is 48.5 Å². The molecule has 7 nitrogen and oxygen atoms in total. The second kappa shape index (κ2) is 9.65. The molecular formula is C26H30N2O5. The lowest BCUT2D eigenvalue weighted by Crippen LogP contribution is -2.43. The molecule has 0 bridgehead atoms. The maximum atomic E-state index is 12.6. The van der Waals surface area contributed by atoms with Crippen LogP contribution in [0.1, 0.15) is 49.7 Å². The van der Waals surface area contributed by atoms with Crippen LogP contribution < -0.4 is 5.32 Å². The van der Waals surface area contributed by atoms with Crippen molar-refractivity contribution in [2.75, 3.05) is 13.7 Å². The standard InChI is InChI=1S/C26H30N2O5/c1-16(25(30)31)28(2)24(29)14-17-8-7-13-23(17)27-26(32)33-15-22-20-11-5-3-9-18(20)19-10-4-6-12-21(19)22/h3-6,9-12,16-17,22-23H,7-8,13-15H2,1-2H3,(H,27,32)(H,30,31)/t16?,17-,23+/m0/s1. The Morgan fingerprint density at radius 2 is 1.67 bits per heavy atom. The van der Waals surface area contributed by atoms with Crippen molar-refractivity contribution in [3.05, 3.63) is 59.7 Å². The van der Waals surface area contributed by atoms with Gasteiger partial charge in [-0.25, -0.2) is 9.59 Å². The van der Waals surface area contributed by atoms with Crippen molar-refractivity contribution in [2.45, 2.75) is 50.6 Å². The van der Waals surface area contributed by atoms with Crippen LogP contribution in [0.5, 0.6) is 0 Å². The number of fused-ring (bicyclic) bond motifs is 3. The third-order valence-corrected chi connectivity index (χ3v) is 7.07. The van der Waals surface area contributed by atoms with Crippen molar-refractivity contribution in [3.8, 4) is 11.1 Å². The molecule has 0 aliphatic heterocycles. The lowest BCUT2D eigenvalue weighted by Gasteiger charge is -2.26. The second-order valence-corrected chi connectivity index (χ2v) is 8.99. The summed E-state index contributed by atoms with van der Waals surface area (Å²) in [6.07, 6.45) is 2.23. The van der Waals surface area contributed by atoms with Gasteiger partial charge in [0.15, 0.2) is 0 Å². The summed E-state index contributed by atoms with van der Waals surface area (Å²) in [6.45, 7) is 1.73. The van der Waals surface area contributed by atoms with Gasteiger partial charge in [0.2, 0.25) is 5.91 Å². The highest BCUT2D eigenvalue weighted by Gasteiger charge is 2.34. The molecule has 2 amide bonds. The average Bonchev–Trinajstić information content (AvgIpc) is 3.38. The van der Waals surface area contributed by atoms with Crippen molar-refractivity contribution < 1.29 is 24.2 Å². The zero-order valence-corrected chi connectivity index (χ0v) is 19.0. The van der Waals surface area contributed by atoms with E-state index in [-0.39, 0.29) is 36.8 Å². The van der Waals surface area contributed by atoms with E-state index in [0.717, 1.165) is 30.4 Å². The number of amides is 2. The van der Waals surface area contributed by atoms with Gasteiger partial charge in [-0.15, -0.1) is 0 Å². The molecule has 174 valence electrons. The number of carboxylic acids is 1. The lowest BCUT2D eigenvalue weighted by molar-refractivity contribution is -0.148. The number of nitrogens with one attached hydrogen (secondary N) is 1. The zero-order chi connectivity index (χ0) is 23.5. The molecule has 1 saturated carbocycles. The molecule has 0 radical (unpaired) electrons. The third-order valence-electron chi connectivity index (χ3n) is 7.07. The lowest BCUT2D eigenvalue weighted by atomic mass is 9.98. The van der Waals surface area contributed by atoms with Crippen LogP contribution in [-0.4, -0.2) is 53.7 Å². The minimum atomic E-state index is -1.04. The highest BCUT2D eigenvalue weighted by molar-refractivity contribution is 5.83. The topological polar surface area (TPSA) is 95.9 Å². The van der Waals surface area contributed by atoms with Crippen molar-refractivity contribution in [3.63, 3.8) is 0 Å². The summed E-state index contributed by atoms with van der Waals surface area (Å²) >= 11 is 0. The molecule has 2 N–H and O–H groups in total. The van der Waals surface area contributed by atoms with E-state index in [1.807, 2.05) is 24.3 Å². The van der Waals surface area contributed by atoms with Crippen molar-refractivity contribution in [1.82, 2.24) is 10.2 Å². The molecule has 33 heavy (non-hydrogen) atoms. The number of rotatable bonds is 7. The number of carbonyl (C=O) groups excluding carboxylic acids is 2. The Labute approximate surface area is 193 Å². The van der Waals surface area contributed by atoms with Crippen LogP contribution in [-0.2, 0) is 14.3 Å². The molecule has 1 unspecified atom stereocenters. The molecule has 0 aromatic heterocycles. The van der Waals surface area contributed by atoms with Crippen LogP contribution in [0.4, 0.5) is 4.79 Å². The normalized spacial score (nSPS) is 19.9. The summed E-state index contributed by atoms with van der Waals surface area (Å²) in [6, 6.07) is 15.3. The quantitative estimate of drug-likeness (QED) is 0.664. The van der Waals surface area contributed by atoms with Crippen LogP contribution in [0, 0.1) is 5.92 Å². The molecule has 1 fully saturated rings. The molecule has 4 rings (SSSR count). The van der Waals surface area contributed by atoms with Gasteiger partial charge in [0.1, 0.15) is 12.6 Å². The summed E-state index contributed by atoms with van der Waals surface area (Å²) in [4.78, 5) is 37.6. The van der Waals surface area contributed by atoms with Crippen molar-refractivity contribution in [2.24, 2.45) is 5.92 Å². The fourth-order valence-electron chi connectivity index (χ4n) is 5.01. The van der Waals surface area contributed by atoms with E-state index < -0.39 is 18.1 Å². The number of carbonyl (C=O) groups is 3. The maximum absolute atomic E-state index is 12.6. The Kier molecular flexibility index (Phi) is 6.67. The summed E-state index contributed by atoms with van der Waals surface area (Å²) in [5.41, 5.74) is 4.67. The summed E-state index contributed by atoms with van der Waals surface area (Å²) in [5.74, 6) is -1.29. The highest BCUT2D eigenvalue weighted by Crippen LogP contribution is 2.44. The number of hydrogen-bond donors (Lipinski definition) is 2. The summed E-state index contributed by atoms with van der Waals surface area (Å²) in [7, 11) is 1.50. The Bertz CT molecular complexity index is 1010.